The van der Waals surface area contributed by atoms with Crippen molar-refractivity contribution >= 4 is 29.1 Å². The van der Waals surface area contributed by atoms with E-state index in [-0.39, 0.29) is 17.7 Å². The monoisotopic (exact) mass is 587 g/mol. The molecule has 1 aliphatic heterocycles. The predicted molar refractivity (Wildman–Crippen MR) is 168 cm³/mol. The van der Waals surface area contributed by atoms with E-state index < -0.39 is 12.0 Å². The number of benzene rings is 2. The number of carbonyl (C=O) groups is 1. The lowest BCUT2D eigenvalue weighted by atomic mass is 9.95. The number of carbonyl (C=O) groups excluding carboxylic acids is 1. The van der Waals surface area contributed by atoms with Gasteiger partial charge in [0.05, 0.1) is 36.6 Å². The van der Waals surface area contributed by atoms with E-state index in [0.29, 0.717) is 32.1 Å². The Bertz CT molecular complexity index is 1760. The fraction of sp³-hybridized carbons (Fsp3) is 0.303. The van der Waals surface area contributed by atoms with Crippen LogP contribution in [-0.2, 0) is 9.53 Å². The van der Waals surface area contributed by atoms with Crippen LogP contribution in [0.4, 0.5) is 5.69 Å². The van der Waals surface area contributed by atoms with Gasteiger partial charge in [-0.05, 0) is 84.0 Å². The van der Waals surface area contributed by atoms with Gasteiger partial charge in [-0.25, -0.2) is 9.79 Å². The van der Waals surface area contributed by atoms with Crippen LogP contribution < -0.4 is 29.3 Å². The lowest BCUT2D eigenvalue weighted by Crippen LogP contribution is -2.40. The number of aryl methyl sites for hydroxylation is 1. The number of esters is 1. The van der Waals surface area contributed by atoms with Crippen LogP contribution in [0.2, 0.25) is 0 Å². The number of ether oxygens (including phenoxy) is 3. The molecular weight excluding hydrogens is 550 g/mol. The summed E-state index contributed by atoms with van der Waals surface area (Å²) in [6.45, 7) is 11.8. The normalized spacial score (nSPS) is 15.7. The number of thiazole rings is 1. The zero-order valence-electron chi connectivity index (χ0n) is 25.3. The van der Waals surface area contributed by atoms with Crippen molar-refractivity contribution in [2.24, 2.45) is 4.99 Å². The average molecular weight is 588 g/mol. The summed E-state index contributed by atoms with van der Waals surface area (Å²) < 4.78 is 18.6. The lowest BCUT2D eigenvalue weighted by Gasteiger charge is -2.26. The Morgan fingerprint density at radius 1 is 1.07 bits per heavy atom. The number of anilines is 1. The quantitative estimate of drug-likeness (QED) is 0.312. The third-order valence-electron chi connectivity index (χ3n) is 7.14. The minimum atomic E-state index is -0.813. The minimum absolute atomic E-state index is 0.190. The van der Waals surface area contributed by atoms with Crippen LogP contribution in [0, 0.1) is 6.92 Å². The van der Waals surface area contributed by atoms with Crippen LogP contribution >= 0.6 is 11.3 Å². The van der Waals surface area contributed by atoms with Crippen molar-refractivity contribution in [3.8, 4) is 11.5 Å². The van der Waals surface area contributed by atoms with Crippen molar-refractivity contribution < 1.29 is 19.0 Å². The second kappa shape index (κ2) is 13.1. The van der Waals surface area contributed by atoms with E-state index in [1.54, 1.807) is 50.8 Å². The van der Waals surface area contributed by atoms with E-state index in [1.807, 2.05) is 39.0 Å². The summed E-state index contributed by atoms with van der Waals surface area (Å²) >= 11 is 1.27. The summed E-state index contributed by atoms with van der Waals surface area (Å²) in [4.78, 5) is 34.6. The number of allylic oxidation sites excluding steroid dienone is 5. The Hall–Kier alpha value is -4.37. The van der Waals surface area contributed by atoms with Crippen molar-refractivity contribution in [2.45, 2.75) is 47.6 Å². The van der Waals surface area contributed by atoms with Gasteiger partial charge in [0.2, 0.25) is 0 Å². The predicted octanol–water partition coefficient (Wildman–Crippen LogP) is 5.41. The van der Waals surface area contributed by atoms with Crippen molar-refractivity contribution in [1.29, 1.82) is 0 Å². The smallest absolute Gasteiger partial charge is 0.338 e. The third-order valence-corrected chi connectivity index (χ3v) is 8.14. The van der Waals surface area contributed by atoms with Gasteiger partial charge in [0, 0.05) is 22.6 Å². The van der Waals surface area contributed by atoms with Crippen LogP contribution in [0.15, 0.2) is 87.1 Å². The maximum atomic E-state index is 14.0. The molecule has 3 aromatic rings. The second-order valence-corrected chi connectivity index (χ2v) is 10.9. The zero-order valence-corrected chi connectivity index (χ0v) is 26.2. The highest BCUT2D eigenvalue weighted by molar-refractivity contribution is 7.07. The molecule has 0 spiro atoms. The fourth-order valence-electron chi connectivity index (χ4n) is 4.93. The summed E-state index contributed by atoms with van der Waals surface area (Å²) in [7, 11) is 3.12. The van der Waals surface area contributed by atoms with Gasteiger partial charge in [-0.1, -0.05) is 35.1 Å². The highest BCUT2D eigenvalue weighted by Gasteiger charge is 2.35. The molecule has 0 amide bonds. The van der Waals surface area contributed by atoms with E-state index in [9.17, 15) is 9.59 Å². The molecule has 2 heterocycles. The van der Waals surface area contributed by atoms with Gasteiger partial charge in [0.25, 0.3) is 5.56 Å². The summed E-state index contributed by atoms with van der Waals surface area (Å²) in [5, 5.41) is 0. The van der Waals surface area contributed by atoms with E-state index in [4.69, 9.17) is 14.2 Å². The molecule has 0 fully saturated rings. The zero-order chi connectivity index (χ0) is 30.6. The van der Waals surface area contributed by atoms with Crippen LogP contribution in [0.5, 0.6) is 11.5 Å². The number of methoxy groups -OCH3 is 2. The number of hydrogen-bond acceptors (Lipinski definition) is 8. The van der Waals surface area contributed by atoms with Gasteiger partial charge in [0.1, 0.15) is 17.5 Å². The molecule has 0 aliphatic carbocycles. The van der Waals surface area contributed by atoms with Crippen LogP contribution in [0.1, 0.15) is 51.8 Å². The van der Waals surface area contributed by atoms with Gasteiger partial charge in [-0.2, -0.15) is 0 Å². The van der Waals surface area contributed by atoms with E-state index in [0.717, 1.165) is 17.1 Å². The molecule has 0 saturated heterocycles. The third kappa shape index (κ3) is 5.97. The molecule has 0 saturated carbocycles. The number of hydrogen-bond donors (Lipinski definition) is 0. The molecule has 0 N–H and O–H groups in total. The fourth-order valence-corrected chi connectivity index (χ4v) is 5.92. The van der Waals surface area contributed by atoms with Crippen molar-refractivity contribution in [2.75, 3.05) is 25.7 Å². The molecule has 1 unspecified atom stereocenters. The van der Waals surface area contributed by atoms with E-state index in [2.05, 4.69) is 41.1 Å². The number of rotatable bonds is 9. The van der Waals surface area contributed by atoms with Crippen molar-refractivity contribution in [1.82, 2.24) is 4.57 Å². The maximum absolute atomic E-state index is 14.0. The molecule has 0 bridgehead atoms. The molecule has 1 aliphatic rings. The van der Waals surface area contributed by atoms with Crippen LogP contribution in [0.25, 0.3) is 6.08 Å². The standard InChI is InChI=1S/C33H37N3O5S/c1-9-21(4)35(24-14-11-20(3)12-15-24)22(5)13-18-28-31(37)36-30(26-19-25(39-7)16-17-27(26)40-8)29(32(38)41-10-2)23(6)34-33(36)42-28/h9,11-19,30H,10H2,1-8H3/b21-9-,22-13+,28-18-. The maximum Gasteiger partial charge on any atom is 0.338 e. The molecule has 42 heavy (non-hydrogen) atoms. The molecule has 1 aromatic heterocycles. The Labute approximate surface area is 250 Å². The van der Waals surface area contributed by atoms with E-state index >= 15 is 0 Å². The first kappa shape index (κ1) is 30.6. The highest BCUT2D eigenvalue weighted by atomic mass is 32.1. The van der Waals surface area contributed by atoms with Crippen LogP contribution in [-0.4, -0.2) is 31.4 Å². The summed E-state index contributed by atoms with van der Waals surface area (Å²) in [5.41, 5.74) is 5.30. The number of fused-ring (bicyclic) bond motifs is 1. The van der Waals surface area contributed by atoms with Crippen LogP contribution in [0.3, 0.4) is 0 Å². The molecule has 8 nitrogen and oxygen atoms in total. The second-order valence-electron chi connectivity index (χ2n) is 9.84. The molecule has 9 heteroatoms. The summed E-state index contributed by atoms with van der Waals surface area (Å²) in [6.07, 6.45) is 5.79. The van der Waals surface area contributed by atoms with Gasteiger partial charge in [-0.15, -0.1) is 0 Å². The van der Waals surface area contributed by atoms with E-state index in [1.165, 1.54) is 16.9 Å². The Morgan fingerprint density at radius 2 is 1.79 bits per heavy atom. The number of nitrogens with zero attached hydrogens (tertiary/aromatic N) is 3. The molecule has 1 atom stereocenters. The largest absolute Gasteiger partial charge is 0.497 e. The highest BCUT2D eigenvalue weighted by Crippen LogP contribution is 2.37. The summed E-state index contributed by atoms with van der Waals surface area (Å²) in [5.74, 6) is 0.548. The lowest BCUT2D eigenvalue weighted by molar-refractivity contribution is -0.139. The first-order valence-corrected chi connectivity index (χ1v) is 14.5. The Kier molecular flexibility index (Phi) is 9.52. The average Bonchev–Trinajstić information content (AvgIpc) is 3.30. The first-order valence-electron chi connectivity index (χ1n) is 13.7. The molecule has 2 aromatic carbocycles. The molecule has 220 valence electrons. The Balaban J connectivity index is 1.92. The minimum Gasteiger partial charge on any atom is -0.497 e. The van der Waals surface area contributed by atoms with Gasteiger partial charge >= 0.3 is 5.97 Å². The summed E-state index contributed by atoms with van der Waals surface area (Å²) in [6, 6.07) is 12.8. The van der Waals surface area contributed by atoms with Gasteiger partial charge in [-0.3, -0.25) is 9.36 Å². The molecule has 4 rings (SSSR count). The number of aromatic nitrogens is 1. The van der Waals surface area contributed by atoms with Gasteiger partial charge < -0.3 is 19.1 Å². The van der Waals surface area contributed by atoms with Gasteiger partial charge in [0.15, 0.2) is 4.80 Å². The van der Waals surface area contributed by atoms with Crippen molar-refractivity contribution in [3.63, 3.8) is 0 Å². The molecular formula is C33H37N3O5S. The first-order chi connectivity index (χ1) is 20.1. The van der Waals surface area contributed by atoms with Crippen molar-refractivity contribution in [3.05, 3.63) is 108 Å². The SMILES string of the molecule is C/C=C(/C)N(/C(C)=C/C=c1\sc2n(c1=O)C(c1cc(OC)ccc1OC)C(C(=O)OCC)=C(C)N=2)c1ccc(C)cc1. The Morgan fingerprint density at radius 3 is 2.40 bits per heavy atom. The topological polar surface area (TPSA) is 82.4 Å². The molecule has 0 radical (unpaired) electrons.